The third-order valence-electron chi connectivity index (χ3n) is 1.13. The second kappa shape index (κ2) is 3.79. The molecule has 0 saturated heterocycles. The van der Waals surface area contributed by atoms with Gasteiger partial charge in [-0.3, -0.25) is 4.79 Å². The van der Waals surface area contributed by atoms with E-state index in [1.165, 1.54) is 6.20 Å². The Morgan fingerprint density at radius 3 is 2.33 bits per heavy atom. The third kappa shape index (κ3) is 1.83. The second-order valence-electron chi connectivity index (χ2n) is 1.86. The molecule has 1 aromatic rings. The van der Waals surface area contributed by atoms with Crippen molar-refractivity contribution in [3.8, 4) is 0 Å². The SMILES string of the molecule is O=C(Cl)c1cnc(Cl)c(Cl)c1Cl. The van der Waals surface area contributed by atoms with Crippen molar-refractivity contribution in [3.63, 3.8) is 0 Å². The molecule has 0 fully saturated rings. The predicted molar refractivity (Wildman–Crippen MR) is 49.5 cm³/mol. The van der Waals surface area contributed by atoms with E-state index in [0.29, 0.717) is 0 Å². The lowest BCUT2D eigenvalue weighted by atomic mass is 10.3. The molecule has 1 aromatic heterocycles. The molecule has 0 spiro atoms. The quantitative estimate of drug-likeness (QED) is 0.560. The van der Waals surface area contributed by atoms with Crippen molar-refractivity contribution in [3.05, 3.63) is 27.0 Å². The Hall–Kier alpha value is -0.0200. The molecule has 0 aromatic carbocycles. The summed E-state index contributed by atoms with van der Waals surface area (Å²) in [5, 5.41) is -0.615. The fourth-order valence-corrected chi connectivity index (χ4v) is 1.34. The molecule has 0 radical (unpaired) electrons. The number of hydrogen-bond donors (Lipinski definition) is 0. The van der Waals surface area contributed by atoms with Crippen LogP contribution in [0.5, 0.6) is 0 Å². The van der Waals surface area contributed by atoms with Crippen molar-refractivity contribution >= 4 is 51.6 Å². The molecular formula is C6HCl4NO. The fraction of sp³-hybridized carbons (Fsp3) is 0. The molecule has 0 bridgehead atoms. The van der Waals surface area contributed by atoms with Gasteiger partial charge in [0.2, 0.25) is 0 Å². The van der Waals surface area contributed by atoms with Crippen LogP contribution in [-0.4, -0.2) is 10.2 Å². The van der Waals surface area contributed by atoms with Gasteiger partial charge in [0.25, 0.3) is 5.24 Å². The van der Waals surface area contributed by atoms with Crippen LogP contribution in [0, 0.1) is 0 Å². The van der Waals surface area contributed by atoms with Gasteiger partial charge in [-0.2, -0.15) is 0 Å². The highest BCUT2D eigenvalue weighted by Gasteiger charge is 2.13. The topological polar surface area (TPSA) is 30.0 Å². The molecule has 0 aliphatic heterocycles. The normalized spacial score (nSPS) is 10.0. The van der Waals surface area contributed by atoms with Crippen LogP contribution in [0.4, 0.5) is 0 Å². The first kappa shape index (κ1) is 10.1. The number of hydrogen-bond acceptors (Lipinski definition) is 2. The van der Waals surface area contributed by atoms with Gasteiger partial charge in [-0.05, 0) is 11.6 Å². The molecule has 1 heterocycles. The van der Waals surface area contributed by atoms with Crippen LogP contribution in [0.25, 0.3) is 0 Å². The van der Waals surface area contributed by atoms with E-state index in [1.54, 1.807) is 0 Å². The Kier molecular flexibility index (Phi) is 3.18. The Morgan fingerprint density at radius 2 is 1.83 bits per heavy atom. The number of rotatable bonds is 1. The standard InChI is InChI=1S/C6HCl4NO/c7-3-2(6(10)12)1-11-5(9)4(3)8/h1H. The van der Waals surface area contributed by atoms with Crippen LogP contribution in [-0.2, 0) is 0 Å². The van der Waals surface area contributed by atoms with Crippen LogP contribution in [0.15, 0.2) is 6.20 Å². The monoisotopic (exact) mass is 243 g/mol. The number of carbonyl (C=O) groups excluding carboxylic acids is 1. The molecular weight excluding hydrogens is 244 g/mol. The van der Waals surface area contributed by atoms with Crippen molar-refractivity contribution < 1.29 is 4.79 Å². The number of pyridine rings is 1. The maximum Gasteiger partial charge on any atom is 0.255 e. The van der Waals surface area contributed by atoms with Crippen molar-refractivity contribution in [2.45, 2.75) is 0 Å². The highest BCUT2D eigenvalue weighted by atomic mass is 35.5. The highest BCUT2D eigenvalue weighted by molar-refractivity contribution is 6.69. The zero-order valence-electron chi connectivity index (χ0n) is 5.44. The van der Waals surface area contributed by atoms with Gasteiger partial charge in [0.15, 0.2) is 0 Å². The first-order valence-corrected chi connectivity index (χ1v) is 4.24. The van der Waals surface area contributed by atoms with Crippen molar-refractivity contribution in [1.82, 2.24) is 4.98 Å². The van der Waals surface area contributed by atoms with Gasteiger partial charge in [-0.1, -0.05) is 34.8 Å². The first-order valence-electron chi connectivity index (χ1n) is 2.73. The molecule has 12 heavy (non-hydrogen) atoms. The van der Waals surface area contributed by atoms with E-state index in [4.69, 9.17) is 46.4 Å². The van der Waals surface area contributed by atoms with Crippen molar-refractivity contribution in [2.24, 2.45) is 0 Å². The minimum atomic E-state index is -0.717. The van der Waals surface area contributed by atoms with Gasteiger partial charge in [0, 0.05) is 6.20 Å². The summed E-state index contributed by atoms with van der Waals surface area (Å²) in [4.78, 5) is 14.3. The van der Waals surface area contributed by atoms with Crippen LogP contribution < -0.4 is 0 Å². The van der Waals surface area contributed by atoms with Gasteiger partial charge in [0.1, 0.15) is 5.15 Å². The first-order chi connectivity index (χ1) is 5.54. The van der Waals surface area contributed by atoms with Crippen molar-refractivity contribution in [1.29, 1.82) is 0 Å². The molecule has 0 unspecified atom stereocenters. The van der Waals surface area contributed by atoms with Gasteiger partial charge in [0.05, 0.1) is 15.6 Å². The average molecular weight is 245 g/mol. The molecule has 6 heteroatoms. The Bertz CT molecular complexity index is 339. The summed E-state index contributed by atoms with van der Waals surface area (Å²) in [6.45, 7) is 0. The van der Waals surface area contributed by atoms with E-state index in [2.05, 4.69) is 4.98 Å². The van der Waals surface area contributed by atoms with E-state index in [-0.39, 0.29) is 20.8 Å². The molecule has 0 N–H and O–H groups in total. The lowest BCUT2D eigenvalue weighted by Gasteiger charge is -2.00. The summed E-state index contributed by atoms with van der Waals surface area (Å²) in [7, 11) is 0. The summed E-state index contributed by atoms with van der Waals surface area (Å²) in [5.74, 6) is 0. The summed E-state index contributed by atoms with van der Waals surface area (Å²) in [6.07, 6.45) is 1.17. The Morgan fingerprint density at radius 1 is 1.25 bits per heavy atom. The number of aromatic nitrogens is 1. The van der Waals surface area contributed by atoms with Gasteiger partial charge >= 0.3 is 0 Å². The molecule has 1 rings (SSSR count). The predicted octanol–water partition coefficient (Wildman–Crippen LogP) is 3.42. The molecule has 0 aliphatic rings. The lowest BCUT2D eigenvalue weighted by Crippen LogP contribution is -1.93. The third-order valence-corrected chi connectivity index (χ3v) is 2.57. The van der Waals surface area contributed by atoms with E-state index < -0.39 is 5.24 Å². The van der Waals surface area contributed by atoms with Gasteiger partial charge < -0.3 is 0 Å². The van der Waals surface area contributed by atoms with Crippen LogP contribution >= 0.6 is 46.4 Å². The summed E-state index contributed by atoms with van der Waals surface area (Å²) in [5.41, 5.74) is 0.0488. The second-order valence-corrected chi connectivity index (χ2v) is 3.32. The molecule has 0 aliphatic carbocycles. The smallest absolute Gasteiger partial charge is 0.255 e. The molecule has 0 saturated carbocycles. The van der Waals surface area contributed by atoms with Gasteiger partial charge in [-0.15, -0.1) is 0 Å². The van der Waals surface area contributed by atoms with Crippen molar-refractivity contribution in [2.75, 3.05) is 0 Å². The zero-order valence-corrected chi connectivity index (χ0v) is 8.47. The zero-order chi connectivity index (χ0) is 9.30. The molecule has 2 nitrogen and oxygen atoms in total. The Balaban J connectivity index is 3.36. The van der Waals surface area contributed by atoms with E-state index in [9.17, 15) is 4.79 Å². The summed E-state index contributed by atoms with van der Waals surface area (Å²) >= 11 is 21.9. The summed E-state index contributed by atoms with van der Waals surface area (Å²) in [6, 6.07) is 0. The number of carbonyl (C=O) groups is 1. The number of nitrogens with zero attached hydrogens (tertiary/aromatic N) is 1. The number of halogens is 4. The molecule has 0 amide bonds. The summed E-state index contributed by atoms with van der Waals surface area (Å²) < 4.78 is 0. The van der Waals surface area contributed by atoms with Gasteiger partial charge in [-0.25, -0.2) is 4.98 Å². The maximum absolute atomic E-state index is 10.7. The highest BCUT2D eigenvalue weighted by Crippen LogP contribution is 2.31. The Labute approximate surface area is 88.4 Å². The minimum Gasteiger partial charge on any atom is -0.275 e. The molecule has 0 atom stereocenters. The van der Waals surface area contributed by atoms with Crippen LogP contribution in [0.3, 0.4) is 0 Å². The molecule has 64 valence electrons. The minimum absolute atomic E-state index is 0.0247. The largest absolute Gasteiger partial charge is 0.275 e. The van der Waals surface area contributed by atoms with Crippen LogP contribution in [0.1, 0.15) is 10.4 Å². The lowest BCUT2D eigenvalue weighted by molar-refractivity contribution is 0.108. The van der Waals surface area contributed by atoms with E-state index in [1.807, 2.05) is 0 Å². The average Bonchev–Trinajstić information content (AvgIpc) is 2.00. The van der Waals surface area contributed by atoms with E-state index in [0.717, 1.165) is 0 Å². The fourth-order valence-electron chi connectivity index (χ4n) is 0.580. The van der Waals surface area contributed by atoms with E-state index >= 15 is 0 Å². The maximum atomic E-state index is 10.7. The van der Waals surface area contributed by atoms with Crippen LogP contribution in [0.2, 0.25) is 15.2 Å².